The van der Waals surface area contributed by atoms with E-state index in [0.717, 1.165) is 37.9 Å². The quantitative estimate of drug-likeness (QED) is 0.0445. The topological polar surface area (TPSA) is 249 Å². The van der Waals surface area contributed by atoms with Gasteiger partial charge in [0.05, 0.1) is 0 Å². The number of fused-ring (bicyclic) bond motifs is 2. The summed E-state index contributed by atoms with van der Waals surface area (Å²) in [5, 5.41) is 13.6. The Hall–Kier alpha value is -6.68. The van der Waals surface area contributed by atoms with Gasteiger partial charge in [0.15, 0.2) is 0 Å². The Kier molecular flexibility index (Phi) is 15.0. The first-order chi connectivity index (χ1) is 28.0. The lowest BCUT2D eigenvalue weighted by atomic mass is 10.0. The Balaban J connectivity index is 1.36. The number of rotatable bonds is 19. The third-order valence-corrected chi connectivity index (χ3v) is 9.89. The van der Waals surface area contributed by atoms with Crippen LogP contribution in [0.15, 0.2) is 91.3 Å². The fourth-order valence-electron chi connectivity index (χ4n) is 6.68. The van der Waals surface area contributed by atoms with Gasteiger partial charge in [-0.15, -0.1) is 0 Å². The molecule has 0 radical (unpaired) electrons. The van der Waals surface area contributed by atoms with Crippen LogP contribution in [0.2, 0.25) is 0 Å². The van der Waals surface area contributed by atoms with Crippen LogP contribution in [0.5, 0.6) is 0 Å². The Morgan fingerprint density at radius 1 is 0.638 bits per heavy atom. The van der Waals surface area contributed by atoms with Crippen LogP contribution in [0.25, 0.3) is 21.8 Å². The minimum Gasteiger partial charge on any atom is -0.368 e. The van der Waals surface area contributed by atoms with Crippen LogP contribution in [-0.4, -0.2) is 88.3 Å². The van der Waals surface area contributed by atoms with Crippen molar-refractivity contribution >= 4 is 57.4 Å². The number of unbranched alkanes of at least 4 members (excludes halogenated alkanes) is 1. The molecule has 0 aliphatic rings. The number of hydrazine groups is 1. The molecule has 4 atom stereocenters. The number of para-hydroxylation sites is 2. The van der Waals surface area contributed by atoms with Gasteiger partial charge in [-0.3, -0.25) is 29.4 Å². The fourth-order valence-corrected chi connectivity index (χ4v) is 6.68. The summed E-state index contributed by atoms with van der Waals surface area (Å²) in [6.45, 7) is 2.08. The maximum atomic E-state index is 14.3. The van der Waals surface area contributed by atoms with Crippen molar-refractivity contribution in [3.63, 3.8) is 0 Å². The lowest BCUT2D eigenvalue weighted by Gasteiger charge is -2.27. The molecular weight excluding hydrogens is 741 g/mol. The summed E-state index contributed by atoms with van der Waals surface area (Å²) in [4.78, 5) is 86.8. The highest BCUT2D eigenvalue weighted by Crippen LogP contribution is 2.21. The highest BCUT2D eigenvalue weighted by Gasteiger charge is 2.31. The highest BCUT2D eigenvalue weighted by atomic mass is 16.2. The Morgan fingerprint density at radius 2 is 1.16 bits per heavy atom. The standard InChI is InChI=1S/C42H52N10O6/c1-3-37(53)47-36(23-28-25-46-32-18-10-8-16-30(28)32)41(57)51-52(2)42(58)50-35(22-27-24-45-31-17-9-7-15-29(27)31)40(56)49-34(21-26-13-5-4-6-14-26)39(55)48-33(38(44)54)19-11-12-20-43/h4-10,13-18,24-25,33-36,45-46H,3,11-12,19-23,43H2,1-2H3,(H2,44,54)(H,47,53)(H,48,55)(H,49,56)(H,50,58)(H,51,57)/t33-,34+,35-,36+/m0/s1. The second-order valence-corrected chi connectivity index (χ2v) is 14.1. The number of carbonyl (C=O) groups is 6. The van der Waals surface area contributed by atoms with Crippen LogP contribution in [0.4, 0.5) is 4.79 Å². The van der Waals surface area contributed by atoms with Crippen LogP contribution >= 0.6 is 0 Å². The molecule has 11 N–H and O–H groups in total. The lowest BCUT2D eigenvalue weighted by molar-refractivity contribution is -0.132. The van der Waals surface area contributed by atoms with Crippen LogP contribution in [-0.2, 0) is 43.2 Å². The number of benzene rings is 3. The van der Waals surface area contributed by atoms with Gasteiger partial charge in [0.2, 0.25) is 23.6 Å². The molecule has 5 rings (SSSR count). The maximum absolute atomic E-state index is 14.3. The van der Waals surface area contributed by atoms with Crippen molar-refractivity contribution in [1.29, 1.82) is 0 Å². The molecule has 5 aromatic rings. The van der Waals surface area contributed by atoms with E-state index < -0.39 is 53.8 Å². The van der Waals surface area contributed by atoms with E-state index in [2.05, 4.69) is 36.7 Å². The van der Waals surface area contributed by atoms with E-state index in [1.165, 1.54) is 7.05 Å². The average Bonchev–Trinajstić information content (AvgIpc) is 3.83. The highest BCUT2D eigenvalue weighted by molar-refractivity contribution is 5.95. The van der Waals surface area contributed by atoms with E-state index in [9.17, 15) is 28.8 Å². The van der Waals surface area contributed by atoms with E-state index in [0.29, 0.717) is 24.9 Å². The summed E-state index contributed by atoms with van der Waals surface area (Å²) < 4.78 is 0. The summed E-state index contributed by atoms with van der Waals surface area (Å²) in [6, 6.07) is 18.8. The first-order valence-corrected chi connectivity index (χ1v) is 19.3. The molecule has 0 saturated heterocycles. The van der Waals surface area contributed by atoms with Gasteiger partial charge in [0.25, 0.3) is 5.91 Å². The molecule has 0 unspecified atom stereocenters. The molecule has 2 aromatic heterocycles. The molecule has 2 heterocycles. The molecule has 0 aliphatic heterocycles. The van der Waals surface area contributed by atoms with Gasteiger partial charge >= 0.3 is 6.03 Å². The number of nitrogens with one attached hydrogen (secondary N) is 7. The van der Waals surface area contributed by atoms with Crippen molar-refractivity contribution in [3.8, 4) is 0 Å². The van der Waals surface area contributed by atoms with Gasteiger partial charge < -0.3 is 42.7 Å². The maximum Gasteiger partial charge on any atom is 0.336 e. The monoisotopic (exact) mass is 792 g/mol. The molecule has 0 bridgehead atoms. The number of nitrogens with zero attached hydrogens (tertiary/aromatic N) is 1. The molecular formula is C42H52N10O6. The summed E-state index contributed by atoms with van der Waals surface area (Å²) in [6.07, 6.45) is 5.31. The number of aromatic nitrogens is 2. The van der Waals surface area contributed by atoms with Gasteiger partial charge in [0.1, 0.15) is 24.2 Å². The summed E-state index contributed by atoms with van der Waals surface area (Å²) in [5.41, 5.74) is 17.7. The first-order valence-electron chi connectivity index (χ1n) is 19.3. The SMILES string of the molecule is CCC(=O)N[C@H](Cc1c[nH]c2ccccc12)C(=O)NN(C)C(=O)N[C@@H](Cc1c[nH]c2ccccc12)C(=O)N[C@H](Cc1ccccc1)C(=O)N[C@@H](CCCCN)C(N)=O. The van der Waals surface area contributed by atoms with Crippen molar-refractivity contribution < 1.29 is 28.8 Å². The van der Waals surface area contributed by atoms with E-state index in [4.69, 9.17) is 11.5 Å². The number of hydrogen-bond acceptors (Lipinski definition) is 7. The molecule has 0 fully saturated rings. The summed E-state index contributed by atoms with van der Waals surface area (Å²) in [7, 11) is 1.32. The number of amides is 7. The molecule has 7 amide bonds. The molecule has 0 aliphatic carbocycles. The van der Waals surface area contributed by atoms with Crippen molar-refractivity contribution in [3.05, 3.63) is 108 Å². The van der Waals surface area contributed by atoms with E-state index in [-0.39, 0.29) is 38.0 Å². The minimum atomic E-state index is -1.25. The van der Waals surface area contributed by atoms with Crippen LogP contribution in [0, 0.1) is 0 Å². The number of aromatic amines is 2. The third kappa shape index (κ3) is 11.4. The summed E-state index contributed by atoms with van der Waals surface area (Å²) >= 11 is 0. The van der Waals surface area contributed by atoms with Gasteiger partial charge in [0, 0.05) is 66.9 Å². The fraction of sp³-hybridized carbons (Fsp3) is 0.333. The number of carbonyl (C=O) groups excluding carboxylic acids is 6. The number of nitrogens with two attached hydrogens (primary N) is 2. The van der Waals surface area contributed by atoms with E-state index in [1.807, 2.05) is 54.6 Å². The zero-order chi connectivity index (χ0) is 41.6. The molecule has 0 saturated carbocycles. The van der Waals surface area contributed by atoms with Crippen LogP contribution < -0.4 is 38.2 Å². The van der Waals surface area contributed by atoms with Gasteiger partial charge in [-0.05, 0) is 54.6 Å². The lowest BCUT2D eigenvalue weighted by Crippen LogP contribution is -2.60. The molecule has 0 spiro atoms. The normalized spacial score (nSPS) is 13.2. The summed E-state index contributed by atoms with van der Waals surface area (Å²) in [5.74, 6) is -3.05. The zero-order valence-electron chi connectivity index (χ0n) is 32.7. The third-order valence-electron chi connectivity index (χ3n) is 9.89. The molecule has 306 valence electrons. The number of H-pyrrole nitrogens is 2. The van der Waals surface area contributed by atoms with E-state index >= 15 is 0 Å². The molecule has 58 heavy (non-hydrogen) atoms. The van der Waals surface area contributed by atoms with Gasteiger partial charge in [-0.25, -0.2) is 9.80 Å². The smallest absolute Gasteiger partial charge is 0.336 e. The Bertz CT molecular complexity index is 2200. The molecule has 3 aromatic carbocycles. The van der Waals surface area contributed by atoms with Crippen molar-refractivity contribution in [2.75, 3.05) is 13.6 Å². The predicted octanol–water partition coefficient (Wildman–Crippen LogP) is 2.20. The molecule has 16 heteroatoms. The van der Waals surface area contributed by atoms with Gasteiger partial charge in [-0.2, -0.15) is 0 Å². The predicted molar refractivity (Wildman–Crippen MR) is 221 cm³/mol. The van der Waals surface area contributed by atoms with Crippen LogP contribution in [0.3, 0.4) is 0 Å². The first kappa shape index (κ1) is 42.5. The average molecular weight is 793 g/mol. The van der Waals surface area contributed by atoms with E-state index in [1.54, 1.807) is 43.6 Å². The second kappa shape index (κ2) is 20.5. The Morgan fingerprint density at radius 3 is 1.71 bits per heavy atom. The van der Waals surface area contributed by atoms with Crippen molar-refractivity contribution in [2.24, 2.45) is 11.5 Å². The number of primary amides is 1. The van der Waals surface area contributed by atoms with Crippen molar-refractivity contribution in [2.45, 2.75) is 76.0 Å². The zero-order valence-corrected chi connectivity index (χ0v) is 32.7. The number of urea groups is 1. The largest absolute Gasteiger partial charge is 0.368 e. The second-order valence-electron chi connectivity index (χ2n) is 14.1. The minimum absolute atomic E-state index is 0.00178. The van der Waals surface area contributed by atoms with Gasteiger partial charge in [-0.1, -0.05) is 73.7 Å². The Labute approximate surface area is 336 Å². The number of hydrogen-bond donors (Lipinski definition) is 9. The molecule has 16 nitrogen and oxygen atoms in total. The van der Waals surface area contributed by atoms with Crippen molar-refractivity contribution in [1.82, 2.24) is 41.7 Å². The van der Waals surface area contributed by atoms with Crippen LogP contribution in [0.1, 0.15) is 49.3 Å².